The Morgan fingerprint density at radius 3 is 2.36 bits per heavy atom. The highest BCUT2D eigenvalue weighted by molar-refractivity contribution is 7.80. The van der Waals surface area contributed by atoms with Crippen LogP contribution < -0.4 is 10.2 Å². The number of rotatable bonds is 1. The Bertz CT molecular complexity index is 250. The Labute approximate surface area is 75.7 Å². The molecule has 0 saturated carbocycles. The third-order valence-electron chi connectivity index (χ3n) is 1.18. The lowest BCUT2D eigenvalue weighted by atomic mass is 10.3. The number of hydrogen-bond acceptors (Lipinski definition) is 1. The Balaban J connectivity index is 2.85. The van der Waals surface area contributed by atoms with Gasteiger partial charge < -0.3 is 5.73 Å². The molecule has 2 nitrogen and oxygen atoms in total. The van der Waals surface area contributed by atoms with E-state index in [4.69, 9.17) is 17.5 Å². The van der Waals surface area contributed by atoms with Crippen LogP contribution in [0.3, 0.4) is 0 Å². The van der Waals surface area contributed by atoms with Gasteiger partial charge in [-0.2, -0.15) is 0 Å². The van der Waals surface area contributed by atoms with Gasteiger partial charge in [-0.3, -0.25) is 0 Å². The first-order valence-corrected chi connectivity index (χ1v) is 3.77. The van der Waals surface area contributed by atoms with Crippen molar-refractivity contribution in [1.82, 2.24) is 0 Å². The van der Waals surface area contributed by atoms with Crippen LogP contribution in [0.1, 0.15) is 0 Å². The second-order valence-corrected chi connectivity index (χ2v) is 2.71. The van der Waals surface area contributed by atoms with Gasteiger partial charge >= 0.3 is 0 Å². The number of hydrogen-bond donors (Lipinski definition) is 1. The van der Waals surface area contributed by atoms with E-state index in [0.717, 1.165) is 5.69 Å². The van der Waals surface area contributed by atoms with Gasteiger partial charge in [0, 0.05) is 11.8 Å². The van der Waals surface area contributed by atoms with Gasteiger partial charge in [-0.1, -0.05) is 18.2 Å². The number of benzene rings is 1. The molecular formula is C7H7ClN2S. The summed E-state index contributed by atoms with van der Waals surface area (Å²) in [5.41, 5.74) is 6.07. The third-order valence-corrected chi connectivity index (χ3v) is 1.84. The molecule has 0 spiro atoms. The van der Waals surface area contributed by atoms with Crippen molar-refractivity contribution in [3.63, 3.8) is 0 Å². The minimum Gasteiger partial charge on any atom is -0.375 e. The molecule has 1 aromatic rings. The standard InChI is InChI=1S/C7H7ClN2S/c8-10(7(9)11)6-4-2-1-3-5-6/h1-5H,(H2,9,11). The summed E-state index contributed by atoms with van der Waals surface area (Å²) >= 11 is 10.4. The third kappa shape index (κ3) is 2.06. The molecule has 0 aliphatic carbocycles. The van der Waals surface area contributed by atoms with Crippen LogP contribution in [0.25, 0.3) is 0 Å². The summed E-state index contributed by atoms with van der Waals surface area (Å²) in [4.78, 5) is 0. The number of thiocarbonyl (C=S) groups is 1. The molecule has 0 fully saturated rings. The molecule has 0 atom stereocenters. The molecule has 0 aliphatic heterocycles. The van der Waals surface area contributed by atoms with Crippen molar-refractivity contribution in [3.8, 4) is 0 Å². The summed E-state index contributed by atoms with van der Waals surface area (Å²) in [7, 11) is 0. The highest BCUT2D eigenvalue weighted by Crippen LogP contribution is 2.14. The number of anilines is 1. The zero-order valence-corrected chi connectivity index (χ0v) is 7.27. The molecule has 0 radical (unpaired) electrons. The van der Waals surface area contributed by atoms with Crippen LogP contribution in [0.4, 0.5) is 5.69 Å². The molecule has 2 N–H and O–H groups in total. The number of para-hydroxylation sites is 1. The van der Waals surface area contributed by atoms with E-state index in [9.17, 15) is 0 Å². The second kappa shape index (κ2) is 3.55. The second-order valence-electron chi connectivity index (χ2n) is 1.95. The van der Waals surface area contributed by atoms with Gasteiger partial charge in [-0.15, -0.1) is 0 Å². The van der Waals surface area contributed by atoms with Crippen LogP contribution in [-0.4, -0.2) is 5.11 Å². The molecule has 1 aromatic carbocycles. The van der Waals surface area contributed by atoms with Crippen molar-refractivity contribution in [1.29, 1.82) is 0 Å². The van der Waals surface area contributed by atoms with E-state index in [0.29, 0.717) is 0 Å². The van der Waals surface area contributed by atoms with Crippen molar-refractivity contribution in [2.75, 3.05) is 4.42 Å². The van der Waals surface area contributed by atoms with E-state index in [1.165, 1.54) is 4.42 Å². The van der Waals surface area contributed by atoms with Crippen LogP contribution >= 0.6 is 24.0 Å². The van der Waals surface area contributed by atoms with E-state index >= 15 is 0 Å². The average molecular weight is 187 g/mol. The maximum Gasteiger partial charge on any atom is 0.185 e. The number of nitrogens with zero attached hydrogens (tertiary/aromatic N) is 1. The van der Waals surface area contributed by atoms with Crippen molar-refractivity contribution in [2.45, 2.75) is 0 Å². The fraction of sp³-hybridized carbons (Fsp3) is 0. The average Bonchev–Trinajstić information content (AvgIpc) is 2.05. The highest BCUT2D eigenvalue weighted by atomic mass is 35.5. The quantitative estimate of drug-likeness (QED) is 0.537. The van der Waals surface area contributed by atoms with Gasteiger partial charge in [0.15, 0.2) is 5.11 Å². The van der Waals surface area contributed by atoms with Crippen molar-refractivity contribution >= 4 is 34.8 Å². The topological polar surface area (TPSA) is 29.3 Å². The molecule has 0 heterocycles. The van der Waals surface area contributed by atoms with E-state index in [1.807, 2.05) is 30.3 Å². The molecule has 0 saturated heterocycles. The SMILES string of the molecule is NC(=S)N(Cl)c1ccccc1. The van der Waals surface area contributed by atoms with Crippen LogP contribution in [0, 0.1) is 0 Å². The zero-order chi connectivity index (χ0) is 8.27. The van der Waals surface area contributed by atoms with Crippen LogP contribution in [0.2, 0.25) is 0 Å². The molecule has 58 valence electrons. The Morgan fingerprint density at radius 2 is 1.91 bits per heavy atom. The van der Waals surface area contributed by atoms with E-state index < -0.39 is 0 Å². The summed E-state index contributed by atoms with van der Waals surface area (Å²) in [6.07, 6.45) is 0. The summed E-state index contributed by atoms with van der Waals surface area (Å²) in [6.45, 7) is 0. The molecule has 11 heavy (non-hydrogen) atoms. The maximum atomic E-state index is 5.71. The monoisotopic (exact) mass is 186 g/mol. The minimum absolute atomic E-state index is 0.151. The number of nitrogens with two attached hydrogens (primary N) is 1. The summed E-state index contributed by atoms with van der Waals surface area (Å²) in [6, 6.07) is 9.28. The lowest BCUT2D eigenvalue weighted by Gasteiger charge is -2.11. The van der Waals surface area contributed by atoms with Gasteiger partial charge in [0.05, 0.1) is 5.69 Å². The van der Waals surface area contributed by atoms with E-state index in [2.05, 4.69) is 12.2 Å². The first kappa shape index (κ1) is 8.30. The first-order chi connectivity index (χ1) is 5.22. The van der Waals surface area contributed by atoms with Crippen LogP contribution in [-0.2, 0) is 0 Å². The minimum atomic E-state index is 0.151. The van der Waals surface area contributed by atoms with Crippen LogP contribution in [0.15, 0.2) is 30.3 Å². The maximum absolute atomic E-state index is 5.71. The van der Waals surface area contributed by atoms with Gasteiger partial charge in [0.2, 0.25) is 0 Å². The number of halogens is 1. The Hall–Kier alpha value is -0.800. The lowest BCUT2D eigenvalue weighted by Crippen LogP contribution is -2.26. The predicted octanol–water partition coefficient (Wildman–Crippen LogP) is 1.89. The molecule has 1 rings (SSSR count). The van der Waals surface area contributed by atoms with Gasteiger partial charge in [0.25, 0.3) is 0 Å². The molecular weight excluding hydrogens is 180 g/mol. The molecule has 0 amide bonds. The molecule has 0 aliphatic rings. The normalized spacial score (nSPS) is 9.18. The molecule has 0 unspecified atom stereocenters. The smallest absolute Gasteiger partial charge is 0.185 e. The largest absolute Gasteiger partial charge is 0.375 e. The fourth-order valence-corrected chi connectivity index (χ4v) is 0.904. The predicted molar refractivity (Wildman–Crippen MR) is 51.6 cm³/mol. The fourth-order valence-electron chi connectivity index (χ4n) is 0.686. The first-order valence-electron chi connectivity index (χ1n) is 3.02. The van der Waals surface area contributed by atoms with Crippen molar-refractivity contribution < 1.29 is 0 Å². The van der Waals surface area contributed by atoms with Crippen molar-refractivity contribution in [3.05, 3.63) is 30.3 Å². The zero-order valence-electron chi connectivity index (χ0n) is 5.70. The van der Waals surface area contributed by atoms with Gasteiger partial charge in [-0.05, 0) is 24.4 Å². The summed E-state index contributed by atoms with van der Waals surface area (Å²) < 4.78 is 1.23. The highest BCUT2D eigenvalue weighted by Gasteiger charge is 2.02. The molecule has 0 aromatic heterocycles. The van der Waals surface area contributed by atoms with E-state index in [1.54, 1.807) is 0 Å². The van der Waals surface area contributed by atoms with Crippen LogP contribution in [0.5, 0.6) is 0 Å². The molecule has 0 bridgehead atoms. The Morgan fingerprint density at radius 1 is 1.36 bits per heavy atom. The van der Waals surface area contributed by atoms with E-state index in [-0.39, 0.29) is 5.11 Å². The van der Waals surface area contributed by atoms with Gasteiger partial charge in [-0.25, -0.2) is 4.42 Å². The van der Waals surface area contributed by atoms with Gasteiger partial charge in [0.1, 0.15) is 0 Å². The van der Waals surface area contributed by atoms with Crippen molar-refractivity contribution in [2.24, 2.45) is 5.73 Å². The molecule has 4 heteroatoms. The Kier molecular flexibility index (Phi) is 2.68. The summed E-state index contributed by atoms with van der Waals surface area (Å²) in [5.74, 6) is 0. The lowest BCUT2D eigenvalue weighted by molar-refractivity contribution is 1.48. The summed E-state index contributed by atoms with van der Waals surface area (Å²) in [5, 5.41) is 0.151.